The fourth-order valence-corrected chi connectivity index (χ4v) is 3.75. The molecule has 0 N–H and O–H groups in total. The molecule has 0 bridgehead atoms. The normalized spacial score (nSPS) is 34.0. The van der Waals surface area contributed by atoms with Gasteiger partial charge in [0.1, 0.15) is 0 Å². The molecule has 3 atom stereocenters. The van der Waals surface area contributed by atoms with Crippen molar-refractivity contribution in [2.45, 2.75) is 51.5 Å². The van der Waals surface area contributed by atoms with Crippen LogP contribution in [0.4, 0.5) is 0 Å². The molecule has 1 saturated heterocycles. The quantitative estimate of drug-likeness (QED) is 0.722. The number of hydrogen-bond acceptors (Lipinski definition) is 2. The Labute approximate surface area is 100 Å². The van der Waals surface area contributed by atoms with E-state index in [1.54, 1.807) is 0 Å². The number of likely N-dealkylation sites (tertiary alicyclic amines) is 1. The van der Waals surface area contributed by atoms with Crippen LogP contribution in [0.25, 0.3) is 0 Å². The summed E-state index contributed by atoms with van der Waals surface area (Å²) in [6.45, 7) is 4.97. The van der Waals surface area contributed by atoms with Gasteiger partial charge in [-0.3, -0.25) is 4.90 Å². The van der Waals surface area contributed by atoms with E-state index in [2.05, 4.69) is 24.5 Å². The topological polar surface area (TPSA) is 3.24 Å². The first-order chi connectivity index (χ1) is 7.35. The lowest BCUT2D eigenvalue weighted by Gasteiger charge is -2.33. The first-order valence-electron chi connectivity index (χ1n) is 6.70. The highest BCUT2D eigenvalue weighted by Crippen LogP contribution is 2.36. The Morgan fingerprint density at radius 2 is 2.07 bits per heavy atom. The van der Waals surface area contributed by atoms with Crippen molar-refractivity contribution in [3.05, 3.63) is 0 Å². The Hall–Kier alpha value is 0.310. The van der Waals surface area contributed by atoms with Gasteiger partial charge >= 0.3 is 0 Å². The van der Waals surface area contributed by atoms with Crippen LogP contribution in [0, 0.1) is 11.8 Å². The molecule has 0 aromatic heterocycles. The molecule has 2 aliphatic rings. The maximum atomic E-state index is 4.46. The average Bonchev–Trinajstić information content (AvgIpc) is 2.69. The maximum absolute atomic E-state index is 4.46. The van der Waals surface area contributed by atoms with Crippen LogP contribution in [0.2, 0.25) is 0 Å². The first-order valence-corrected chi connectivity index (χ1v) is 7.33. The molecule has 1 nitrogen and oxygen atoms in total. The minimum Gasteiger partial charge on any atom is -0.300 e. The maximum Gasteiger partial charge on any atom is 0.0124 e. The Morgan fingerprint density at radius 1 is 1.27 bits per heavy atom. The summed E-state index contributed by atoms with van der Waals surface area (Å²) in [6, 6.07) is 0.938. The summed E-state index contributed by atoms with van der Waals surface area (Å²) in [6.07, 6.45) is 8.67. The summed E-state index contributed by atoms with van der Waals surface area (Å²) in [5, 5.41) is 0. The van der Waals surface area contributed by atoms with Crippen LogP contribution in [-0.4, -0.2) is 29.8 Å². The Morgan fingerprint density at radius 3 is 2.80 bits per heavy atom. The van der Waals surface area contributed by atoms with E-state index in [9.17, 15) is 0 Å². The van der Waals surface area contributed by atoms with Crippen LogP contribution in [0.3, 0.4) is 0 Å². The fraction of sp³-hybridized carbons (Fsp3) is 1.00. The van der Waals surface area contributed by atoms with Crippen molar-refractivity contribution in [3.8, 4) is 0 Å². The van der Waals surface area contributed by atoms with Crippen molar-refractivity contribution in [1.29, 1.82) is 0 Å². The second-order valence-electron chi connectivity index (χ2n) is 5.35. The van der Waals surface area contributed by atoms with Crippen LogP contribution in [0.1, 0.15) is 45.4 Å². The third-order valence-corrected chi connectivity index (χ3v) is 4.97. The second kappa shape index (κ2) is 5.58. The van der Waals surface area contributed by atoms with Gasteiger partial charge in [0.15, 0.2) is 0 Å². The van der Waals surface area contributed by atoms with Gasteiger partial charge < -0.3 is 0 Å². The minimum absolute atomic E-state index is 0.814. The van der Waals surface area contributed by atoms with Crippen molar-refractivity contribution in [3.63, 3.8) is 0 Å². The summed E-state index contributed by atoms with van der Waals surface area (Å²) in [5.41, 5.74) is 0. The summed E-state index contributed by atoms with van der Waals surface area (Å²) in [7, 11) is 0. The molecule has 2 fully saturated rings. The third kappa shape index (κ3) is 2.71. The fourth-order valence-electron chi connectivity index (χ4n) is 3.38. The van der Waals surface area contributed by atoms with Crippen LogP contribution in [-0.2, 0) is 0 Å². The lowest BCUT2D eigenvalue weighted by atomic mass is 9.85. The Kier molecular flexibility index (Phi) is 4.39. The van der Waals surface area contributed by atoms with Crippen molar-refractivity contribution >= 4 is 12.6 Å². The van der Waals surface area contributed by atoms with Gasteiger partial charge in [-0.2, -0.15) is 12.6 Å². The van der Waals surface area contributed by atoms with Gasteiger partial charge in [0.25, 0.3) is 0 Å². The number of thiol groups is 1. The molecule has 2 rings (SSSR count). The zero-order valence-electron chi connectivity index (χ0n) is 9.99. The molecule has 0 aromatic rings. The molecule has 2 heteroatoms. The number of nitrogens with zero attached hydrogens (tertiary/aromatic N) is 1. The van der Waals surface area contributed by atoms with E-state index in [4.69, 9.17) is 0 Å². The molecule has 1 aliphatic carbocycles. The molecule has 0 radical (unpaired) electrons. The third-order valence-electron chi connectivity index (χ3n) is 4.45. The zero-order valence-corrected chi connectivity index (χ0v) is 10.9. The number of rotatable bonds is 4. The second-order valence-corrected chi connectivity index (χ2v) is 5.72. The van der Waals surface area contributed by atoms with E-state index >= 15 is 0 Å². The molecule has 15 heavy (non-hydrogen) atoms. The lowest BCUT2D eigenvalue weighted by Crippen LogP contribution is -2.38. The molecular weight excluding hydrogens is 202 g/mol. The van der Waals surface area contributed by atoms with Crippen molar-refractivity contribution in [1.82, 2.24) is 4.90 Å². The molecule has 3 unspecified atom stereocenters. The van der Waals surface area contributed by atoms with Gasteiger partial charge in [0.2, 0.25) is 0 Å². The highest BCUT2D eigenvalue weighted by molar-refractivity contribution is 7.80. The van der Waals surface area contributed by atoms with Crippen LogP contribution < -0.4 is 0 Å². The average molecular weight is 227 g/mol. The predicted octanol–water partition coefficient (Wildman–Crippen LogP) is 3.21. The minimum atomic E-state index is 0.814. The van der Waals surface area contributed by atoms with E-state index in [0.717, 1.165) is 23.6 Å². The van der Waals surface area contributed by atoms with Crippen LogP contribution in [0.15, 0.2) is 0 Å². The Bertz CT molecular complexity index is 191. The van der Waals surface area contributed by atoms with E-state index in [-0.39, 0.29) is 0 Å². The van der Waals surface area contributed by atoms with Crippen LogP contribution in [0.5, 0.6) is 0 Å². The van der Waals surface area contributed by atoms with Crippen LogP contribution >= 0.6 is 12.6 Å². The molecule has 88 valence electrons. The van der Waals surface area contributed by atoms with E-state index < -0.39 is 0 Å². The van der Waals surface area contributed by atoms with E-state index in [1.165, 1.54) is 51.6 Å². The lowest BCUT2D eigenvalue weighted by molar-refractivity contribution is 0.163. The highest BCUT2D eigenvalue weighted by Gasteiger charge is 2.35. The highest BCUT2D eigenvalue weighted by atomic mass is 32.1. The van der Waals surface area contributed by atoms with Gasteiger partial charge in [-0.1, -0.05) is 26.2 Å². The first kappa shape index (κ1) is 11.8. The van der Waals surface area contributed by atoms with Gasteiger partial charge in [0, 0.05) is 12.6 Å². The largest absolute Gasteiger partial charge is 0.300 e. The van der Waals surface area contributed by atoms with Gasteiger partial charge in [-0.25, -0.2) is 0 Å². The summed E-state index contributed by atoms with van der Waals surface area (Å²) < 4.78 is 0. The standard InChI is InChI=1S/C13H25NS/c1-2-11(10-15)9-14-8-7-12-5-3-4-6-13(12)14/h11-13,15H,2-10H2,1H3. The molecule has 0 amide bonds. The molecule has 1 heterocycles. The molecular formula is C13H25NS. The molecule has 0 spiro atoms. The summed E-state index contributed by atoms with van der Waals surface area (Å²) >= 11 is 4.46. The SMILES string of the molecule is CCC(CS)CN1CCC2CCCCC21. The van der Waals surface area contributed by atoms with Gasteiger partial charge in [0.05, 0.1) is 0 Å². The number of fused-ring (bicyclic) bond motifs is 1. The predicted molar refractivity (Wildman–Crippen MR) is 69.6 cm³/mol. The zero-order chi connectivity index (χ0) is 10.7. The van der Waals surface area contributed by atoms with E-state index in [1.807, 2.05) is 0 Å². The number of hydrogen-bond donors (Lipinski definition) is 1. The monoisotopic (exact) mass is 227 g/mol. The van der Waals surface area contributed by atoms with Crippen molar-refractivity contribution in [2.75, 3.05) is 18.8 Å². The molecule has 1 saturated carbocycles. The molecule has 0 aromatic carbocycles. The van der Waals surface area contributed by atoms with Crippen molar-refractivity contribution in [2.24, 2.45) is 11.8 Å². The van der Waals surface area contributed by atoms with Gasteiger partial charge in [-0.15, -0.1) is 0 Å². The summed E-state index contributed by atoms with van der Waals surface area (Å²) in [4.78, 5) is 2.77. The van der Waals surface area contributed by atoms with E-state index in [0.29, 0.717) is 0 Å². The van der Waals surface area contributed by atoms with Crippen molar-refractivity contribution < 1.29 is 0 Å². The van der Waals surface area contributed by atoms with Gasteiger partial charge in [-0.05, 0) is 43.4 Å². The Balaban J connectivity index is 1.87. The smallest absolute Gasteiger partial charge is 0.0124 e. The molecule has 1 aliphatic heterocycles. The summed E-state index contributed by atoms with van der Waals surface area (Å²) in [5.74, 6) is 2.91.